The molecule has 6 nitrogen and oxygen atoms in total. The van der Waals surface area contributed by atoms with E-state index >= 15 is 0 Å². The molecule has 2 aromatic carbocycles. The molecule has 0 aliphatic rings. The molecule has 1 N–H and O–H groups in total. The van der Waals surface area contributed by atoms with E-state index in [2.05, 4.69) is 5.32 Å². The van der Waals surface area contributed by atoms with Crippen molar-refractivity contribution in [2.75, 3.05) is 12.4 Å². The van der Waals surface area contributed by atoms with Crippen LogP contribution in [-0.2, 0) is 6.54 Å². The molecule has 3 rings (SSSR count). The predicted octanol–water partition coefficient (Wildman–Crippen LogP) is 3.15. The summed E-state index contributed by atoms with van der Waals surface area (Å²) in [6, 6.07) is 13.7. The second-order valence-corrected chi connectivity index (χ2v) is 5.68. The first-order valence-corrected chi connectivity index (χ1v) is 8.10. The summed E-state index contributed by atoms with van der Waals surface area (Å²) in [6.45, 7) is 2.55. The Balaban J connectivity index is 2.05. The third-order valence-electron chi connectivity index (χ3n) is 4.14. The highest BCUT2D eigenvalue weighted by Crippen LogP contribution is 2.19. The summed E-state index contributed by atoms with van der Waals surface area (Å²) in [5, 5.41) is 12.0. The van der Waals surface area contributed by atoms with Crippen molar-refractivity contribution in [2.24, 2.45) is 0 Å². The van der Waals surface area contributed by atoms with Gasteiger partial charge in [-0.2, -0.15) is 5.26 Å². The molecule has 0 aliphatic heterocycles. The highest BCUT2D eigenvalue weighted by Gasteiger charge is 2.16. The first-order valence-electron chi connectivity index (χ1n) is 8.10. The van der Waals surface area contributed by atoms with Gasteiger partial charge < -0.3 is 14.6 Å². The summed E-state index contributed by atoms with van der Waals surface area (Å²) in [7, 11) is 1.53. The molecule has 0 saturated heterocycles. The first kappa shape index (κ1) is 17.2. The summed E-state index contributed by atoms with van der Waals surface area (Å²) in [6.07, 6.45) is 1.57. The fourth-order valence-electron chi connectivity index (χ4n) is 2.75. The fourth-order valence-corrected chi connectivity index (χ4v) is 2.75. The van der Waals surface area contributed by atoms with E-state index in [1.807, 2.05) is 17.6 Å². The van der Waals surface area contributed by atoms with Crippen LogP contribution in [0.25, 0.3) is 10.9 Å². The summed E-state index contributed by atoms with van der Waals surface area (Å²) in [5.74, 6) is 0.0635. The number of rotatable bonds is 4. The zero-order valence-corrected chi connectivity index (χ0v) is 14.4. The molecule has 0 bridgehead atoms. The van der Waals surface area contributed by atoms with Gasteiger partial charge in [0.15, 0.2) is 0 Å². The Hall–Kier alpha value is -3.59. The van der Waals surface area contributed by atoms with Crippen LogP contribution in [-0.4, -0.2) is 17.6 Å². The Morgan fingerprint density at radius 3 is 2.58 bits per heavy atom. The quantitative estimate of drug-likeness (QED) is 0.786. The number of aryl methyl sites for hydroxylation is 1. The van der Waals surface area contributed by atoms with Crippen LogP contribution in [0.15, 0.2) is 53.5 Å². The lowest BCUT2D eigenvalue weighted by atomic mass is 10.1. The van der Waals surface area contributed by atoms with Gasteiger partial charge in [-0.15, -0.1) is 0 Å². The maximum Gasteiger partial charge on any atom is 0.261 e. The highest BCUT2D eigenvalue weighted by molar-refractivity contribution is 6.05. The van der Waals surface area contributed by atoms with Crippen LogP contribution >= 0.6 is 0 Å². The minimum Gasteiger partial charge on any atom is -0.497 e. The Kier molecular flexibility index (Phi) is 4.72. The van der Waals surface area contributed by atoms with Gasteiger partial charge in [-0.05, 0) is 49.4 Å². The van der Waals surface area contributed by atoms with Gasteiger partial charge in [0.2, 0.25) is 5.43 Å². The van der Waals surface area contributed by atoms with Crippen LogP contribution < -0.4 is 15.5 Å². The monoisotopic (exact) mass is 347 g/mol. The zero-order valence-electron chi connectivity index (χ0n) is 14.4. The van der Waals surface area contributed by atoms with E-state index in [4.69, 9.17) is 10.00 Å². The van der Waals surface area contributed by atoms with Gasteiger partial charge in [0.25, 0.3) is 5.91 Å². The molecule has 1 heterocycles. The zero-order chi connectivity index (χ0) is 18.7. The lowest BCUT2D eigenvalue weighted by molar-refractivity contribution is 0.102. The molecule has 0 aliphatic carbocycles. The number of pyridine rings is 1. The molecule has 0 spiro atoms. The van der Waals surface area contributed by atoms with Gasteiger partial charge in [0, 0.05) is 18.4 Å². The van der Waals surface area contributed by atoms with Gasteiger partial charge in [-0.3, -0.25) is 9.59 Å². The lowest BCUT2D eigenvalue weighted by Crippen LogP contribution is -2.23. The maximum absolute atomic E-state index is 12.8. The average Bonchev–Trinajstić information content (AvgIpc) is 2.68. The topological polar surface area (TPSA) is 84.1 Å². The molecule has 130 valence electrons. The Morgan fingerprint density at radius 2 is 1.96 bits per heavy atom. The summed E-state index contributed by atoms with van der Waals surface area (Å²) in [4.78, 5) is 25.5. The van der Waals surface area contributed by atoms with Gasteiger partial charge in [-0.25, -0.2) is 0 Å². The number of amides is 1. The molecular formula is C20H17N3O3. The fraction of sp³-hybridized carbons (Fsp3) is 0.150. The number of carbonyl (C=O) groups excluding carboxylic acids is 1. The molecule has 0 unspecified atom stereocenters. The number of hydrogen-bond acceptors (Lipinski definition) is 4. The van der Waals surface area contributed by atoms with Crippen LogP contribution in [0.2, 0.25) is 0 Å². The number of nitriles is 1. The molecule has 6 heteroatoms. The van der Waals surface area contributed by atoms with Crippen molar-refractivity contribution in [3.05, 3.63) is 70.0 Å². The second kappa shape index (κ2) is 7.11. The van der Waals surface area contributed by atoms with E-state index in [0.29, 0.717) is 28.9 Å². The molecule has 0 saturated carbocycles. The summed E-state index contributed by atoms with van der Waals surface area (Å²) < 4.78 is 7.04. The number of carbonyl (C=O) groups is 1. The van der Waals surface area contributed by atoms with Crippen molar-refractivity contribution in [1.82, 2.24) is 4.57 Å². The van der Waals surface area contributed by atoms with Gasteiger partial charge in [0.05, 0.1) is 29.6 Å². The van der Waals surface area contributed by atoms with Crippen molar-refractivity contribution < 1.29 is 9.53 Å². The predicted molar refractivity (Wildman–Crippen MR) is 99.5 cm³/mol. The molecule has 1 aromatic heterocycles. The van der Waals surface area contributed by atoms with E-state index in [1.165, 1.54) is 7.11 Å². The third-order valence-corrected chi connectivity index (χ3v) is 4.14. The standard InChI is InChI=1S/C20H17N3O3/c1-3-23-12-17(19(24)16-10-15(26-2)8-9-18(16)23)20(25)22-14-6-4-13(11-21)5-7-14/h4-10,12H,3H2,1-2H3,(H,22,25). The van der Waals surface area contributed by atoms with Crippen LogP contribution in [0.4, 0.5) is 5.69 Å². The van der Waals surface area contributed by atoms with Crippen molar-refractivity contribution in [3.8, 4) is 11.8 Å². The number of nitrogens with zero attached hydrogens (tertiary/aromatic N) is 2. The highest BCUT2D eigenvalue weighted by atomic mass is 16.5. The molecule has 0 radical (unpaired) electrons. The first-order chi connectivity index (χ1) is 12.6. The number of fused-ring (bicyclic) bond motifs is 1. The second-order valence-electron chi connectivity index (χ2n) is 5.68. The molecule has 3 aromatic rings. The van der Waals surface area contributed by atoms with E-state index in [-0.39, 0.29) is 11.0 Å². The van der Waals surface area contributed by atoms with Crippen molar-refractivity contribution >= 4 is 22.5 Å². The van der Waals surface area contributed by atoms with Crippen LogP contribution in [0.1, 0.15) is 22.8 Å². The Bertz CT molecular complexity index is 1080. The number of hydrogen-bond donors (Lipinski definition) is 1. The Morgan fingerprint density at radius 1 is 1.23 bits per heavy atom. The molecule has 0 fully saturated rings. The SMILES string of the molecule is CCn1cc(C(=O)Nc2ccc(C#N)cc2)c(=O)c2cc(OC)ccc21. The molecule has 1 amide bonds. The third kappa shape index (κ3) is 3.15. The van der Waals surface area contributed by atoms with E-state index in [0.717, 1.165) is 5.52 Å². The number of ether oxygens (including phenoxy) is 1. The molecule has 26 heavy (non-hydrogen) atoms. The maximum atomic E-state index is 12.8. The minimum absolute atomic E-state index is 0.0527. The van der Waals surface area contributed by atoms with Crippen LogP contribution in [0.3, 0.4) is 0 Å². The van der Waals surface area contributed by atoms with E-state index < -0.39 is 5.91 Å². The van der Waals surface area contributed by atoms with E-state index in [9.17, 15) is 9.59 Å². The Labute approximate surface area is 150 Å². The number of aromatic nitrogens is 1. The molecular weight excluding hydrogens is 330 g/mol. The number of methoxy groups -OCH3 is 1. The van der Waals surface area contributed by atoms with Crippen LogP contribution in [0.5, 0.6) is 5.75 Å². The number of benzene rings is 2. The van der Waals surface area contributed by atoms with E-state index in [1.54, 1.807) is 48.7 Å². The van der Waals surface area contributed by atoms with Crippen molar-refractivity contribution in [2.45, 2.75) is 13.5 Å². The summed E-state index contributed by atoms with van der Waals surface area (Å²) >= 11 is 0. The van der Waals surface area contributed by atoms with Gasteiger partial charge in [-0.1, -0.05) is 0 Å². The molecule has 0 atom stereocenters. The summed E-state index contributed by atoms with van der Waals surface area (Å²) in [5.41, 5.74) is 1.45. The number of nitrogens with one attached hydrogen (secondary N) is 1. The van der Waals surface area contributed by atoms with Gasteiger partial charge in [0.1, 0.15) is 11.3 Å². The average molecular weight is 347 g/mol. The van der Waals surface area contributed by atoms with Crippen molar-refractivity contribution in [1.29, 1.82) is 5.26 Å². The normalized spacial score (nSPS) is 10.3. The lowest BCUT2D eigenvalue weighted by Gasteiger charge is -2.12. The largest absolute Gasteiger partial charge is 0.497 e. The number of anilines is 1. The minimum atomic E-state index is -0.494. The van der Waals surface area contributed by atoms with Gasteiger partial charge >= 0.3 is 0 Å². The van der Waals surface area contributed by atoms with Crippen LogP contribution in [0, 0.1) is 11.3 Å². The van der Waals surface area contributed by atoms with Crippen molar-refractivity contribution in [3.63, 3.8) is 0 Å². The smallest absolute Gasteiger partial charge is 0.261 e.